The van der Waals surface area contributed by atoms with Crippen LogP contribution in [0.5, 0.6) is 0 Å². The number of thiazole rings is 1. The van der Waals surface area contributed by atoms with Gasteiger partial charge in [-0.2, -0.15) is 10.1 Å². The maximum Gasteiger partial charge on any atom is 0.276 e. The second-order valence-corrected chi connectivity index (χ2v) is 11.8. The van der Waals surface area contributed by atoms with Gasteiger partial charge in [-0.15, -0.1) is 0 Å². The number of hydrogen-bond donors (Lipinski definition) is 1. The maximum atomic E-state index is 14.0. The van der Waals surface area contributed by atoms with Crippen molar-refractivity contribution in [2.75, 3.05) is 31.5 Å². The first-order valence-electron chi connectivity index (χ1n) is 12.6. The average Bonchev–Trinajstić information content (AvgIpc) is 3.59. The molecule has 10 heteroatoms. The van der Waals surface area contributed by atoms with Crippen LogP contribution in [0.25, 0.3) is 10.3 Å². The van der Waals surface area contributed by atoms with Crippen LogP contribution in [0.3, 0.4) is 0 Å². The highest BCUT2D eigenvalue weighted by Gasteiger charge is 2.35. The number of benzene rings is 1. The molecular weight excluding hydrogens is 479 g/mol. The minimum atomic E-state index is -0.446. The summed E-state index contributed by atoms with van der Waals surface area (Å²) in [6.07, 6.45) is 4.44. The Bertz CT molecular complexity index is 1300. The van der Waals surface area contributed by atoms with Gasteiger partial charge in [-0.05, 0) is 84.2 Å². The number of nitrogens with one attached hydrogen (secondary N) is 1. The second kappa shape index (κ2) is 9.55. The molecule has 0 unspecified atom stereocenters. The van der Waals surface area contributed by atoms with Crippen molar-refractivity contribution in [3.63, 3.8) is 0 Å². The van der Waals surface area contributed by atoms with Crippen molar-refractivity contribution >= 4 is 38.6 Å². The van der Waals surface area contributed by atoms with Gasteiger partial charge in [0.2, 0.25) is 0 Å². The Kier molecular flexibility index (Phi) is 6.59. The number of likely N-dealkylation sites (tertiary alicyclic amines) is 2. The number of aromatic nitrogens is 3. The Hall–Kier alpha value is -2.85. The monoisotopic (exact) mass is 512 g/mol. The van der Waals surface area contributed by atoms with Crippen molar-refractivity contribution in [2.24, 2.45) is 0 Å². The Morgan fingerprint density at radius 3 is 2.61 bits per heavy atom. The maximum absolute atomic E-state index is 14.0. The number of aryl methyl sites for hydroxylation is 1. The zero-order chi connectivity index (χ0) is 25.6. The van der Waals surface area contributed by atoms with Crippen LogP contribution in [0.4, 0.5) is 9.52 Å². The van der Waals surface area contributed by atoms with E-state index in [1.165, 1.54) is 30.2 Å². The minimum Gasteiger partial charge on any atom is -0.333 e. The molecular formula is C26H33FN6O2S. The van der Waals surface area contributed by atoms with Crippen molar-refractivity contribution < 1.29 is 14.0 Å². The molecule has 0 bridgehead atoms. The molecule has 2 saturated heterocycles. The van der Waals surface area contributed by atoms with Gasteiger partial charge in [-0.25, -0.2) is 9.07 Å². The molecule has 1 N–H and O–H groups in total. The summed E-state index contributed by atoms with van der Waals surface area (Å²) in [4.78, 5) is 35.6. The third kappa shape index (κ3) is 4.76. The fourth-order valence-corrected chi connectivity index (χ4v) is 5.98. The first kappa shape index (κ1) is 24.8. The third-order valence-electron chi connectivity index (χ3n) is 7.02. The van der Waals surface area contributed by atoms with Gasteiger partial charge in [0.1, 0.15) is 10.5 Å². The molecule has 0 aliphatic carbocycles. The lowest BCUT2D eigenvalue weighted by Gasteiger charge is -2.28. The van der Waals surface area contributed by atoms with E-state index in [1.54, 1.807) is 23.7 Å². The van der Waals surface area contributed by atoms with Crippen molar-refractivity contribution in [3.8, 4) is 0 Å². The van der Waals surface area contributed by atoms with Crippen molar-refractivity contribution in [3.05, 3.63) is 40.8 Å². The number of amides is 2. The Morgan fingerprint density at radius 2 is 1.92 bits per heavy atom. The zero-order valence-electron chi connectivity index (χ0n) is 21.3. The standard InChI is InChI=1S/C26H33FN6O2S/c1-16-9-10-17(14-19(16)27)23(34)29-25-28-22-21(36-25)20(30-33(22)26(2,3)4)24(35)32-13-7-8-18(32)15-31-11-5-6-12-31/h9-10,14,18H,5-8,11-13,15H2,1-4H3,(H,28,29,34)/t18-/m0/s1. The minimum absolute atomic E-state index is 0.0770. The predicted molar refractivity (Wildman–Crippen MR) is 139 cm³/mol. The number of fused-ring (bicyclic) bond motifs is 1. The molecule has 2 fully saturated rings. The Balaban J connectivity index is 1.44. The fourth-order valence-electron chi connectivity index (χ4n) is 5.06. The van der Waals surface area contributed by atoms with E-state index in [9.17, 15) is 14.0 Å². The van der Waals surface area contributed by atoms with Gasteiger partial charge < -0.3 is 9.80 Å². The highest BCUT2D eigenvalue weighted by molar-refractivity contribution is 7.22. The number of hydrogen-bond acceptors (Lipinski definition) is 6. The summed E-state index contributed by atoms with van der Waals surface area (Å²) in [5.74, 6) is -0.956. The van der Waals surface area contributed by atoms with Crippen LogP contribution in [0.1, 0.15) is 72.9 Å². The highest BCUT2D eigenvalue weighted by atomic mass is 32.1. The van der Waals surface area contributed by atoms with Gasteiger partial charge in [0, 0.05) is 24.7 Å². The molecule has 4 heterocycles. The molecule has 8 nitrogen and oxygen atoms in total. The molecule has 36 heavy (non-hydrogen) atoms. The van der Waals surface area contributed by atoms with E-state index in [-0.39, 0.29) is 17.5 Å². The molecule has 0 radical (unpaired) electrons. The average molecular weight is 513 g/mol. The van der Waals surface area contributed by atoms with Crippen LogP contribution in [0.15, 0.2) is 18.2 Å². The lowest BCUT2D eigenvalue weighted by molar-refractivity contribution is 0.0703. The predicted octanol–water partition coefficient (Wildman–Crippen LogP) is 4.65. The molecule has 2 amide bonds. The lowest BCUT2D eigenvalue weighted by atomic mass is 10.1. The summed E-state index contributed by atoms with van der Waals surface area (Å²) in [5.41, 5.74) is 1.23. The van der Waals surface area contributed by atoms with E-state index >= 15 is 0 Å². The van der Waals surface area contributed by atoms with Gasteiger partial charge in [0.25, 0.3) is 11.8 Å². The Morgan fingerprint density at radius 1 is 1.17 bits per heavy atom. The first-order valence-corrected chi connectivity index (χ1v) is 13.4. The zero-order valence-corrected chi connectivity index (χ0v) is 22.1. The molecule has 192 valence electrons. The van der Waals surface area contributed by atoms with E-state index in [2.05, 4.69) is 15.2 Å². The summed E-state index contributed by atoms with van der Waals surface area (Å²) in [6.45, 7) is 11.5. The van der Waals surface area contributed by atoms with E-state index in [1.807, 2.05) is 25.7 Å². The molecule has 3 aromatic rings. The van der Waals surface area contributed by atoms with Gasteiger partial charge >= 0.3 is 0 Å². The van der Waals surface area contributed by atoms with Crippen molar-refractivity contribution in [2.45, 2.75) is 65.0 Å². The van der Waals surface area contributed by atoms with E-state index in [0.717, 1.165) is 39.0 Å². The number of carbonyl (C=O) groups is 2. The van der Waals surface area contributed by atoms with Crippen LogP contribution in [-0.4, -0.2) is 68.6 Å². The number of rotatable bonds is 5. The van der Waals surface area contributed by atoms with Gasteiger partial charge in [-0.3, -0.25) is 14.9 Å². The quantitative estimate of drug-likeness (QED) is 0.538. The fraction of sp³-hybridized carbons (Fsp3) is 0.538. The third-order valence-corrected chi connectivity index (χ3v) is 7.99. The number of anilines is 1. The second-order valence-electron chi connectivity index (χ2n) is 10.8. The summed E-state index contributed by atoms with van der Waals surface area (Å²) in [7, 11) is 0. The topological polar surface area (TPSA) is 83.4 Å². The number of nitrogens with zero attached hydrogens (tertiary/aromatic N) is 5. The largest absolute Gasteiger partial charge is 0.333 e. The van der Waals surface area contributed by atoms with Crippen molar-refractivity contribution in [1.29, 1.82) is 0 Å². The number of halogens is 1. The highest BCUT2D eigenvalue weighted by Crippen LogP contribution is 2.34. The number of carbonyl (C=O) groups excluding carboxylic acids is 2. The molecule has 2 aliphatic rings. The lowest BCUT2D eigenvalue weighted by Crippen LogP contribution is -2.42. The molecule has 1 aromatic carbocycles. The van der Waals surface area contributed by atoms with Crippen molar-refractivity contribution in [1.82, 2.24) is 24.6 Å². The summed E-state index contributed by atoms with van der Waals surface area (Å²) >= 11 is 1.23. The summed E-state index contributed by atoms with van der Waals surface area (Å²) in [6, 6.07) is 4.57. The van der Waals surface area contributed by atoms with Crippen LogP contribution in [-0.2, 0) is 5.54 Å². The Labute approximate surface area is 214 Å². The van der Waals surface area contributed by atoms with Crippen LogP contribution in [0, 0.1) is 12.7 Å². The van der Waals surface area contributed by atoms with E-state index in [0.29, 0.717) is 26.7 Å². The van der Waals surface area contributed by atoms with E-state index < -0.39 is 17.3 Å². The normalized spacial score (nSPS) is 18.9. The van der Waals surface area contributed by atoms with E-state index in [4.69, 9.17) is 5.10 Å². The van der Waals surface area contributed by atoms with Gasteiger partial charge in [0.15, 0.2) is 16.5 Å². The SMILES string of the molecule is Cc1ccc(C(=O)Nc2nc3c(s2)c(C(=O)N2CCC[C@H]2CN2CCCC2)nn3C(C)(C)C)cc1F. The molecule has 0 spiro atoms. The molecule has 2 aromatic heterocycles. The summed E-state index contributed by atoms with van der Waals surface area (Å²) < 4.78 is 16.4. The first-order chi connectivity index (χ1) is 17.1. The smallest absolute Gasteiger partial charge is 0.276 e. The molecule has 5 rings (SSSR count). The molecule has 2 aliphatic heterocycles. The van der Waals surface area contributed by atoms with Gasteiger partial charge in [0.05, 0.1) is 5.54 Å². The van der Waals surface area contributed by atoms with Crippen LogP contribution in [0.2, 0.25) is 0 Å². The van der Waals surface area contributed by atoms with Crippen LogP contribution >= 0.6 is 11.3 Å². The summed E-state index contributed by atoms with van der Waals surface area (Å²) in [5, 5.41) is 7.87. The van der Waals surface area contributed by atoms with Gasteiger partial charge in [-0.1, -0.05) is 17.4 Å². The van der Waals surface area contributed by atoms with Crippen LogP contribution < -0.4 is 5.32 Å². The molecule has 1 atom stereocenters. The molecule has 0 saturated carbocycles.